The number of nitrogens with one attached hydrogen (secondary N) is 1. The van der Waals surface area contributed by atoms with E-state index in [0.29, 0.717) is 92.1 Å². The van der Waals surface area contributed by atoms with Crippen LogP contribution in [-0.2, 0) is 48.0 Å². The number of sulfonamides is 1. The lowest BCUT2D eigenvalue weighted by molar-refractivity contribution is -0.138. The quantitative estimate of drug-likeness (QED) is 0.0781. The molecule has 1 aromatic rings. The molecule has 0 aliphatic heterocycles. The number of carbonyl (C=O) groups is 1. The first-order valence-corrected chi connectivity index (χ1v) is 17.9. The molecule has 0 saturated heterocycles. The van der Waals surface area contributed by atoms with Crippen molar-refractivity contribution in [2.45, 2.75) is 50.9 Å². The third-order valence-corrected chi connectivity index (χ3v) is 8.97. The van der Waals surface area contributed by atoms with Crippen molar-refractivity contribution < 1.29 is 59.9 Å². The molecule has 16 heteroatoms. The van der Waals surface area contributed by atoms with Crippen LogP contribution >= 0.6 is 0 Å². The number of halogens is 2. The minimum atomic E-state index is -3.60. The predicted octanol–water partition coefficient (Wildman–Crippen LogP) is 2.60. The summed E-state index contributed by atoms with van der Waals surface area (Å²) >= 11 is 0. The van der Waals surface area contributed by atoms with Crippen LogP contribution in [0.4, 0.5) is 8.78 Å². The molecule has 3 N–H and O–H groups in total. The van der Waals surface area contributed by atoms with Crippen molar-refractivity contribution in [2.24, 2.45) is 5.73 Å². The zero-order valence-corrected chi connectivity index (χ0v) is 28.9. The van der Waals surface area contributed by atoms with E-state index in [1.54, 1.807) is 6.92 Å². The average Bonchev–Trinajstić information content (AvgIpc) is 3.06. The Hall–Kier alpha value is -2.28. The molecule has 0 bridgehead atoms. The molecule has 0 unspecified atom stereocenters. The van der Waals surface area contributed by atoms with Crippen LogP contribution in [0, 0.1) is 11.6 Å². The van der Waals surface area contributed by atoms with Gasteiger partial charge in [-0.05, 0) is 63.3 Å². The van der Waals surface area contributed by atoms with Crippen molar-refractivity contribution in [3.05, 3.63) is 34.9 Å². The number of benzene rings is 1. The van der Waals surface area contributed by atoms with Gasteiger partial charge in [-0.15, -0.1) is 0 Å². The normalized spacial score (nSPS) is 17.1. The molecule has 0 amide bonds. The highest BCUT2D eigenvalue weighted by Crippen LogP contribution is 2.31. The topological polar surface area (TPSA) is 163 Å². The second-order valence-corrected chi connectivity index (χ2v) is 12.8. The van der Waals surface area contributed by atoms with Crippen LogP contribution in [0.5, 0.6) is 5.75 Å². The van der Waals surface area contributed by atoms with Gasteiger partial charge in [0.25, 0.3) is 0 Å². The van der Waals surface area contributed by atoms with Crippen molar-refractivity contribution in [3.8, 4) is 5.75 Å². The van der Waals surface area contributed by atoms with E-state index in [0.717, 1.165) is 12.1 Å². The molecule has 1 aromatic carbocycles. The number of ether oxygens (including phenoxy) is 8. The molecule has 1 aliphatic rings. The van der Waals surface area contributed by atoms with E-state index in [1.807, 2.05) is 0 Å². The molecule has 2 rings (SSSR count). The second-order valence-electron chi connectivity index (χ2n) is 10.8. The second kappa shape index (κ2) is 24.8. The highest BCUT2D eigenvalue weighted by Gasteiger charge is 2.32. The largest absolute Gasteiger partial charge is 0.484 e. The number of hydrogen-bond donors (Lipinski definition) is 2. The molecule has 0 atom stereocenters. The maximum atomic E-state index is 14.7. The summed E-state index contributed by atoms with van der Waals surface area (Å²) in [5.74, 6) is -2.92. The third kappa shape index (κ3) is 17.4. The molecule has 1 fully saturated rings. The summed E-state index contributed by atoms with van der Waals surface area (Å²) in [6.45, 7) is 8.99. The van der Waals surface area contributed by atoms with Crippen LogP contribution in [0.2, 0.25) is 0 Å². The highest BCUT2D eigenvalue weighted by atomic mass is 32.2. The third-order valence-electron chi connectivity index (χ3n) is 7.02. The molecule has 0 heterocycles. The van der Waals surface area contributed by atoms with Crippen molar-refractivity contribution in [3.63, 3.8) is 0 Å². The standard InChI is InChI=1S/C32H52F2N2O11S/c1-3-46-32(37)25(2)22-26-23-29(33)31(30(34)24-26)47-27-4-6-28(7-5-27)48(38,39)36-9-11-41-13-15-43-17-19-45-21-20-44-18-16-42-14-12-40-10-8-35/h22-24,27-28,36H,3-21,35H2,1-2H3/b25-22+. The first kappa shape index (κ1) is 41.9. The van der Waals surface area contributed by atoms with Crippen molar-refractivity contribution in [2.75, 3.05) is 99.0 Å². The van der Waals surface area contributed by atoms with E-state index in [1.165, 1.54) is 13.0 Å². The maximum absolute atomic E-state index is 14.7. The first-order valence-electron chi connectivity index (χ1n) is 16.3. The summed E-state index contributed by atoms with van der Waals surface area (Å²) in [5, 5.41) is -0.640. The van der Waals surface area contributed by atoms with E-state index in [2.05, 4.69) is 4.72 Å². The van der Waals surface area contributed by atoms with E-state index in [9.17, 15) is 22.0 Å². The highest BCUT2D eigenvalue weighted by molar-refractivity contribution is 7.90. The summed E-state index contributed by atoms with van der Waals surface area (Å²) in [6, 6.07) is 2.15. The van der Waals surface area contributed by atoms with Gasteiger partial charge in [0.2, 0.25) is 10.0 Å². The minimum absolute atomic E-state index is 0.113. The van der Waals surface area contributed by atoms with Gasteiger partial charge < -0.3 is 43.6 Å². The van der Waals surface area contributed by atoms with Gasteiger partial charge in [0, 0.05) is 18.7 Å². The SMILES string of the molecule is CCOC(=O)/C(C)=C/c1cc(F)c(OC2CCC(S(=O)(=O)NCCOCCOCCOCCOCCOCCOCCN)CC2)c(F)c1. The fourth-order valence-electron chi connectivity index (χ4n) is 4.62. The van der Waals surface area contributed by atoms with Gasteiger partial charge in [0.15, 0.2) is 17.4 Å². The molecule has 0 aromatic heterocycles. The Balaban J connectivity index is 1.51. The summed E-state index contributed by atoms with van der Waals surface area (Å²) in [5.41, 5.74) is 5.68. The zero-order valence-electron chi connectivity index (χ0n) is 28.1. The van der Waals surface area contributed by atoms with Crippen LogP contribution in [0.3, 0.4) is 0 Å². The van der Waals surface area contributed by atoms with Crippen molar-refractivity contribution >= 4 is 22.1 Å². The van der Waals surface area contributed by atoms with Gasteiger partial charge in [0.05, 0.1) is 97.2 Å². The Kier molecular flexibility index (Phi) is 21.6. The van der Waals surface area contributed by atoms with Gasteiger partial charge in [-0.1, -0.05) is 0 Å². The monoisotopic (exact) mass is 710 g/mol. The summed E-state index contributed by atoms with van der Waals surface area (Å²) in [6.07, 6.45) is 2.00. The molecule has 276 valence electrons. The number of hydrogen-bond acceptors (Lipinski definition) is 12. The van der Waals surface area contributed by atoms with Gasteiger partial charge in [-0.3, -0.25) is 0 Å². The van der Waals surface area contributed by atoms with Crippen LogP contribution in [-0.4, -0.2) is 125 Å². The molecule has 48 heavy (non-hydrogen) atoms. The Morgan fingerprint density at radius 1 is 0.812 bits per heavy atom. The van der Waals surface area contributed by atoms with E-state index in [-0.39, 0.29) is 43.7 Å². The first-order chi connectivity index (χ1) is 23.2. The lowest BCUT2D eigenvalue weighted by Crippen LogP contribution is -2.40. The summed E-state index contributed by atoms with van der Waals surface area (Å²) in [4.78, 5) is 11.8. The molecule has 0 radical (unpaired) electrons. The smallest absolute Gasteiger partial charge is 0.333 e. The fraction of sp³-hybridized carbons (Fsp3) is 0.719. The molecule has 1 aliphatic carbocycles. The zero-order chi connectivity index (χ0) is 35.0. The molecule has 13 nitrogen and oxygen atoms in total. The summed E-state index contributed by atoms with van der Waals surface area (Å²) < 4.78 is 100. The lowest BCUT2D eigenvalue weighted by Gasteiger charge is -2.29. The van der Waals surface area contributed by atoms with Gasteiger partial charge in [-0.2, -0.15) is 0 Å². The van der Waals surface area contributed by atoms with Crippen LogP contribution in [0.25, 0.3) is 6.08 Å². The predicted molar refractivity (Wildman–Crippen MR) is 174 cm³/mol. The number of carbonyl (C=O) groups excluding carboxylic acids is 1. The minimum Gasteiger partial charge on any atom is -0.484 e. The average molecular weight is 711 g/mol. The van der Waals surface area contributed by atoms with E-state index in [4.69, 9.17) is 43.6 Å². The number of rotatable bonds is 27. The lowest BCUT2D eigenvalue weighted by atomic mass is 9.97. The number of nitrogens with two attached hydrogens (primary N) is 1. The maximum Gasteiger partial charge on any atom is 0.333 e. The van der Waals surface area contributed by atoms with E-state index >= 15 is 0 Å². The van der Waals surface area contributed by atoms with Crippen LogP contribution in [0.1, 0.15) is 45.1 Å². The van der Waals surface area contributed by atoms with Gasteiger partial charge >= 0.3 is 5.97 Å². The Morgan fingerprint density at radius 2 is 1.27 bits per heavy atom. The van der Waals surface area contributed by atoms with Gasteiger partial charge in [-0.25, -0.2) is 26.7 Å². The van der Waals surface area contributed by atoms with Crippen LogP contribution < -0.4 is 15.2 Å². The summed E-state index contributed by atoms with van der Waals surface area (Å²) in [7, 11) is -3.60. The Labute approximate surface area is 282 Å². The molecule has 1 saturated carbocycles. The van der Waals surface area contributed by atoms with Crippen LogP contribution in [0.15, 0.2) is 17.7 Å². The molecular formula is C32H52F2N2O11S. The Bertz CT molecular complexity index is 1160. The Morgan fingerprint density at radius 3 is 1.73 bits per heavy atom. The van der Waals surface area contributed by atoms with Crippen molar-refractivity contribution in [1.29, 1.82) is 0 Å². The molecular weight excluding hydrogens is 658 g/mol. The fourth-order valence-corrected chi connectivity index (χ4v) is 6.11. The number of esters is 1. The molecule has 0 spiro atoms. The van der Waals surface area contributed by atoms with Gasteiger partial charge in [0.1, 0.15) is 0 Å². The van der Waals surface area contributed by atoms with Crippen molar-refractivity contribution in [1.82, 2.24) is 4.72 Å². The van der Waals surface area contributed by atoms with E-state index < -0.39 is 44.7 Å².